The summed E-state index contributed by atoms with van der Waals surface area (Å²) >= 11 is 0. The van der Waals surface area contributed by atoms with Crippen LogP contribution < -0.4 is 5.32 Å². The molecule has 0 saturated carbocycles. The second-order valence-corrected chi connectivity index (χ2v) is 26.7. The minimum atomic E-state index is -0.844. The number of carbonyl (C=O) groups excluding carboxylic acids is 2. The number of nitrogens with one attached hydrogen (secondary N) is 1. The maximum absolute atomic E-state index is 12.5. The molecule has 6 heteroatoms. The number of unbranched alkanes of at least 4 members (excludes halogenated alkanes) is 56. The van der Waals surface area contributed by atoms with E-state index in [1.165, 1.54) is 347 Å². The Morgan fingerprint density at radius 1 is 0.326 bits per heavy atom. The number of rotatable bonds is 73. The van der Waals surface area contributed by atoms with E-state index in [0.717, 1.165) is 51.4 Å². The normalized spacial score (nSPS) is 12.7. The molecule has 0 rings (SSSR count). The smallest absolute Gasteiger partial charge is 0.305 e. The predicted octanol–water partition coefficient (Wildman–Crippen LogP) is 25.6. The molecule has 0 aromatic carbocycles. The van der Waals surface area contributed by atoms with Crippen LogP contribution in [0.4, 0.5) is 0 Å². The Balaban J connectivity index is 3.38. The van der Waals surface area contributed by atoms with Crippen LogP contribution in [0.3, 0.4) is 0 Å². The molecule has 0 fully saturated rings. The van der Waals surface area contributed by atoms with Crippen LogP contribution in [0.2, 0.25) is 0 Å². The van der Waals surface area contributed by atoms with Gasteiger partial charge in [0.05, 0.1) is 25.4 Å². The molecule has 2 atom stereocenters. The SMILES string of the molecule is CCCCCCCC/C=C\CCCCCCCCCC(=O)OCCCCCCCCCCCCC/C=C\C/C=C\CCCCCCCCCCCCCCCCCCCC(=O)NC(CO)C(O)/C=C/CCCCCCCCCCCCCCCCC. The van der Waals surface area contributed by atoms with Crippen molar-refractivity contribution in [1.29, 1.82) is 0 Å². The van der Waals surface area contributed by atoms with Gasteiger partial charge in [-0.05, 0) is 89.9 Å². The number of amides is 1. The summed E-state index contributed by atoms with van der Waals surface area (Å²) in [6.07, 6.45) is 99.4. The molecule has 0 aliphatic heterocycles. The Hall–Kier alpha value is -2.18. The molecule has 0 aromatic rings. The van der Waals surface area contributed by atoms with Crippen molar-refractivity contribution in [3.05, 3.63) is 48.6 Å². The maximum atomic E-state index is 12.5. The summed E-state index contributed by atoms with van der Waals surface area (Å²) in [7, 11) is 0. The van der Waals surface area contributed by atoms with Crippen molar-refractivity contribution in [2.24, 2.45) is 0 Å². The van der Waals surface area contributed by atoms with Crippen LogP contribution >= 0.6 is 0 Å². The van der Waals surface area contributed by atoms with Gasteiger partial charge in [0.2, 0.25) is 5.91 Å². The van der Waals surface area contributed by atoms with E-state index in [0.29, 0.717) is 19.4 Å². The van der Waals surface area contributed by atoms with E-state index in [1.807, 2.05) is 6.08 Å². The van der Waals surface area contributed by atoms with E-state index in [1.54, 1.807) is 6.08 Å². The molecule has 0 radical (unpaired) electrons. The van der Waals surface area contributed by atoms with Gasteiger partial charge in [-0.1, -0.05) is 371 Å². The molecule has 0 spiro atoms. The second kappa shape index (κ2) is 75.3. The zero-order chi connectivity index (χ0) is 62.0. The fourth-order valence-electron chi connectivity index (χ4n) is 12.1. The molecule has 86 heavy (non-hydrogen) atoms. The minimum Gasteiger partial charge on any atom is -0.466 e. The van der Waals surface area contributed by atoms with Gasteiger partial charge in [-0.25, -0.2) is 0 Å². The summed E-state index contributed by atoms with van der Waals surface area (Å²) in [5.41, 5.74) is 0. The Morgan fingerprint density at radius 2 is 0.581 bits per heavy atom. The van der Waals surface area contributed by atoms with E-state index >= 15 is 0 Å². The fourth-order valence-corrected chi connectivity index (χ4v) is 12.1. The highest BCUT2D eigenvalue weighted by atomic mass is 16.5. The molecule has 0 aliphatic carbocycles. The molecule has 0 heterocycles. The molecule has 1 amide bonds. The molecule has 0 aliphatic rings. The molecular weight excluding hydrogens is 1050 g/mol. The Kier molecular flexibility index (Phi) is 73.4. The van der Waals surface area contributed by atoms with Crippen molar-refractivity contribution < 1.29 is 24.5 Å². The van der Waals surface area contributed by atoms with Crippen LogP contribution in [-0.4, -0.2) is 47.4 Å². The van der Waals surface area contributed by atoms with Gasteiger partial charge in [0, 0.05) is 12.8 Å². The molecule has 3 N–H and O–H groups in total. The average molecular weight is 1210 g/mol. The third-order valence-electron chi connectivity index (χ3n) is 18.1. The highest BCUT2D eigenvalue weighted by Crippen LogP contribution is 2.19. The summed E-state index contributed by atoms with van der Waals surface area (Å²) in [6.45, 7) is 4.93. The third kappa shape index (κ3) is 70.9. The van der Waals surface area contributed by atoms with Gasteiger partial charge in [0.15, 0.2) is 0 Å². The monoisotopic (exact) mass is 1210 g/mol. The van der Waals surface area contributed by atoms with Crippen LogP contribution in [0.15, 0.2) is 48.6 Å². The fraction of sp³-hybridized carbons (Fsp3) is 0.875. The maximum Gasteiger partial charge on any atom is 0.305 e. The van der Waals surface area contributed by atoms with Crippen molar-refractivity contribution >= 4 is 11.9 Å². The highest BCUT2D eigenvalue weighted by molar-refractivity contribution is 5.76. The molecule has 0 bridgehead atoms. The van der Waals surface area contributed by atoms with Gasteiger partial charge in [-0.3, -0.25) is 9.59 Å². The average Bonchev–Trinajstić information content (AvgIpc) is 3.59. The van der Waals surface area contributed by atoms with E-state index in [9.17, 15) is 19.8 Å². The van der Waals surface area contributed by atoms with Gasteiger partial charge in [0.1, 0.15) is 0 Å². The summed E-state index contributed by atoms with van der Waals surface area (Å²) in [5, 5.41) is 23.2. The number of aliphatic hydroxyl groups is 2. The number of aliphatic hydroxyl groups excluding tert-OH is 2. The lowest BCUT2D eigenvalue weighted by Crippen LogP contribution is -2.45. The van der Waals surface area contributed by atoms with Crippen molar-refractivity contribution in [1.82, 2.24) is 5.32 Å². The predicted molar refractivity (Wildman–Crippen MR) is 379 cm³/mol. The number of ether oxygens (including phenoxy) is 1. The number of allylic oxidation sites excluding steroid dienone is 7. The van der Waals surface area contributed by atoms with Crippen molar-refractivity contribution in [3.63, 3.8) is 0 Å². The number of hydrogen-bond acceptors (Lipinski definition) is 5. The zero-order valence-corrected chi connectivity index (χ0v) is 58.1. The molecule has 506 valence electrons. The van der Waals surface area contributed by atoms with Crippen LogP contribution in [-0.2, 0) is 14.3 Å². The van der Waals surface area contributed by atoms with E-state index in [-0.39, 0.29) is 18.5 Å². The lowest BCUT2D eigenvalue weighted by molar-refractivity contribution is -0.143. The van der Waals surface area contributed by atoms with Gasteiger partial charge in [-0.15, -0.1) is 0 Å². The number of hydrogen-bond donors (Lipinski definition) is 3. The minimum absolute atomic E-state index is 0.0136. The topological polar surface area (TPSA) is 95.9 Å². The van der Waals surface area contributed by atoms with Crippen molar-refractivity contribution in [2.45, 2.75) is 437 Å². The lowest BCUT2D eigenvalue weighted by Gasteiger charge is -2.20. The highest BCUT2D eigenvalue weighted by Gasteiger charge is 2.18. The zero-order valence-electron chi connectivity index (χ0n) is 58.1. The molecule has 0 saturated heterocycles. The summed E-state index contributed by atoms with van der Waals surface area (Å²) in [4.78, 5) is 24.6. The summed E-state index contributed by atoms with van der Waals surface area (Å²) in [5.74, 6) is -0.0491. The van der Waals surface area contributed by atoms with E-state index in [2.05, 4.69) is 55.6 Å². The molecule has 6 nitrogen and oxygen atoms in total. The Morgan fingerprint density at radius 3 is 0.895 bits per heavy atom. The quantitative estimate of drug-likeness (QED) is 0.0320. The van der Waals surface area contributed by atoms with E-state index < -0.39 is 12.1 Å². The van der Waals surface area contributed by atoms with Gasteiger partial charge in [-0.2, -0.15) is 0 Å². The molecule has 2 unspecified atom stereocenters. The van der Waals surface area contributed by atoms with Gasteiger partial charge in [0.25, 0.3) is 0 Å². The van der Waals surface area contributed by atoms with Crippen molar-refractivity contribution in [3.8, 4) is 0 Å². The lowest BCUT2D eigenvalue weighted by atomic mass is 10.0. The first-order valence-corrected chi connectivity index (χ1v) is 38.9. The molecule has 0 aromatic heterocycles. The van der Waals surface area contributed by atoms with Crippen molar-refractivity contribution in [2.75, 3.05) is 13.2 Å². The number of esters is 1. The van der Waals surface area contributed by atoms with Crippen LogP contribution in [0.25, 0.3) is 0 Å². The first-order chi connectivity index (χ1) is 42.5. The van der Waals surface area contributed by atoms with Gasteiger partial charge < -0.3 is 20.3 Å². The van der Waals surface area contributed by atoms with Gasteiger partial charge >= 0.3 is 5.97 Å². The van der Waals surface area contributed by atoms with Crippen LogP contribution in [0, 0.1) is 0 Å². The third-order valence-corrected chi connectivity index (χ3v) is 18.1. The standard InChI is InChI=1S/C80H151NO5/c1-3-5-7-9-11-13-15-17-19-40-44-48-52-56-60-64-68-72-78(83)77(76-82)81-79(84)73-69-65-61-57-53-49-45-42-38-36-34-32-30-28-26-24-22-21-23-25-27-29-31-33-35-37-39-43-47-51-55-59-63-67-71-75-86-80(85)74-70-66-62-58-54-50-46-41-20-18-16-14-12-10-8-6-4-2/h18,20,23,25,29,31,68,72,77-78,82-83H,3-17,19,21-22,24,26-28,30,32-67,69-71,73-76H2,1-2H3,(H,81,84)/b20-18-,25-23-,31-29-,72-68+. The first kappa shape index (κ1) is 83.8. The Bertz CT molecular complexity index is 1440. The Labute approximate surface area is 537 Å². The summed E-state index contributed by atoms with van der Waals surface area (Å²) < 4.78 is 5.50. The molecular formula is C80H151NO5. The largest absolute Gasteiger partial charge is 0.466 e. The van der Waals surface area contributed by atoms with Crippen LogP contribution in [0.1, 0.15) is 425 Å². The van der Waals surface area contributed by atoms with E-state index in [4.69, 9.17) is 4.74 Å². The second-order valence-electron chi connectivity index (χ2n) is 26.7. The first-order valence-electron chi connectivity index (χ1n) is 38.9. The van der Waals surface area contributed by atoms with Crippen LogP contribution in [0.5, 0.6) is 0 Å². The summed E-state index contributed by atoms with van der Waals surface area (Å²) in [6, 6.07) is -0.627. The number of carbonyl (C=O) groups is 2.